The van der Waals surface area contributed by atoms with Crippen LogP contribution in [0.25, 0.3) is 10.9 Å². The van der Waals surface area contributed by atoms with Gasteiger partial charge in [0.05, 0.1) is 10.9 Å². The normalized spacial score (nSPS) is 10.7. The maximum absolute atomic E-state index is 5.81. The summed E-state index contributed by atoms with van der Waals surface area (Å²) in [5, 5.41) is 11.4. The Balaban J connectivity index is 2.85. The Hall–Kier alpha value is -0.560. The van der Waals surface area contributed by atoms with Gasteiger partial charge in [-0.15, -0.1) is 0 Å². The third-order valence-electron chi connectivity index (χ3n) is 1.71. The van der Waals surface area contributed by atoms with Gasteiger partial charge in [-0.3, -0.25) is 5.10 Å². The summed E-state index contributed by atoms with van der Waals surface area (Å²) in [5.74, 6) is 0.751. The molecule has 2 rings (SSSR count). The van der Waals surface area contributed by atoms with Crippen molar-refractivity contribution < 1.29 is 0 Å². The van der Waals surface area contributed by atoms with E-state index in [1.54, 1.807) is 13.1 Å². The van der Waals surface area contributed by atoms with E-state index in [4.69, 9.17) is 11.6 Å². The molecule has 0 bridgehead atoms. The summed E-state index contributed by atoms with van der Waals surface area (Å²) in [6, 6.07) is 1.76. The average Bonchev–Trinajstić information content (AvgIpc) is 2.46. The Bertz CT molecular complexity index is 453. The van der Waals surface area contributed by atoms with Crippen molar-refractivity contribution in [1.29, 1.82) is 0 Å². The zero-order valence-corrected chi connectivity index (χ0v) is 9.64. The lowest BCUT2D eigenvalue weighted by atomic mass is 10.3. The van der Waals surface area contributed by atoms with Gasteiger partial charge in [0.1, 0.15) is 14.7 Å². The van der Waals surface area contributed by atoms with Crippen molar-refractivity contribution in [3.8, 4) is 0 Å². The van der Waals surface area contributed by atoms with Crippen LogP contribution in [0, 0.1) is 3.70 Å². The molecule has 2 aromatic rings. The highest BCUT2D eigenvalue weighted by atomic mass is 127. The Morgan fingerprint density at radius 1 is 1.62 bits per heavy atom. The standard InChI is InChI=1S/C7H6ClIN4/c1-10-7-5-3(2-4(8)11-7)12-13-6(5)9/h2H,1H3,(H,10,11)(H,12,13). The summed E-state index contributed by atoms with van der Waals surface area (Å²) in [5.41, 5.74) is 0.897. The maximum atomic E-state index is 5.81. The van der Waals surface area contributed by atoms with Crippen LogP contribution in [0.4, 0.5) is 5.82 Å². The number of H-pyrrole nitrogens is 1. The summed E-state index contributed by atoms with van der Waals surface area (Å²) >= 11 is 7.96. The molecule has 0 aliphatic heterocycles. The first-order valence-electron chi connectivity index (χ1n) is 3.60. The molecule has 2 heterocycles. The fourth-order valence-corrected chi connectivity index (χ4v) is 2.02. The fraction of sp³-hybridized carbons (Fsp3) is 0.143. The van der Waals surface area contributed by atoms with Crippen LogP contribution < -0.4 is 5.32 Å². The van der Waals surface area contributed by atoms with E-state index in [-0.39, 0.29) is 0 Å². The van der Waals surface area contributed by atoms with Crippen LogP contribution in [0.5, 0.6) is 0 Å². The second kappa shape index (κ2) is 3.30. The molecule has 0 aromatic carbocycles. The van der Waals surface area contributed by atoms with Gasteiger partial charge in [0.25, 0.3) is 0 Å². The summed E-state index contributed by atoms with van der Waals surface area (Å²) in [6.07, 6.45) is 0. The van der Waals surface area contributed by atoms with E-state index in [2.05, 4.69) is 43.1 Å². The lowest BCUT2D eigenvalue weighted by molar-refractivity contribution is 1.09. The zero-order chi connectivity index (χ0) is 9.42. The van der Waals surface area contributed by atoms with E-state index in [0.29, 0.717) is 5.15 Å². The fourth-order valence-electron chi connectivity index (χ4n) is 1.16. The molecule has 0 unspecified atom stereocenters. The van der Waals surface area contributed by atoms with Crippen LogP contribution in [0.1, 0.15) is 0 Å². The number of rotatable bonds is 1. The lowest BCUT2D eigenvalue weighted by Crippen LogP contribution is -1.93. The molecule has 0 aliphatic rings. The van der Waals surface area contributed by atoms with Crippen LogP contribution in [0.2, 0.25) is 5.15 Å². The van der Waals surface area contributed by atoms with Gasteiger partial charge in [0.2, 0.25) is 0 Å². The van der Waals surface area contributed by atoms with Gasteiger partial charge in [0, 0.05) is 13.1 Å². The second-order valence-corrected chi connectivity index (χ2v) is 3.89. The predicted octanol–water partition coefficient (Wildman–Crippen LogP) is 2.26. The zero-order valence-electron chi connectivity index (χ0n) is 6.73. The molecule has 68 valence electrons. The molecule has 2 aromatic heterocycles. The van der Waals surface area contributed by atoms with Gasteiger partial charge >= 0.3 is 0 Å². The summed E-state index contributed by atoms with van der Waals surface area (Å²) < 4.78 is 0.890. The number of nitrogens with zero attached hydrogens (tertiary/aromatic N) is 2. The molecule has 0 aliphatic carbocycles. The van der Waals surface area contributed by atoms with Crippen LogP contribution in [-0.2, 0) is 0 Å². The SMILES string of the molecule is CNc1nc(Cl)cc2[nH]nc(I)c12. The monoisotopic (exact) mass is 308 g/mol. The van der Waals surface area contributed by atoms with Crippen molar-refractivity contribution in [3.63, 3.8) is 0 Å². The molecule has 4 nitrogen and oxygen atoms in total. The van der Waals surface area contributed by atoms with E-state index in [9.17, 15) is 0 Å². The summed E-state index contributed by atoms with van der Waals surface area (Å²) in [7, 11) is 1.81. The molecule has 13 heavy (non-hydrogen) atoms. The lowest BCUT2D eigenvalue weighted by Gasteiger charge is -2.00. The average molecular weight is 309 g/mol. The minimum atomic E-state index is 0.455. The Morgan fingerprint density at radius 3 is 3.08 bits per heavy atom. The van der Waals surface area contributed by atoms with Gasteiger partial charge in [0.15, 0.2) is 0 Å². The number of hydrogen-bond donors (Lipinski definition) is 2. The van der Waals surface area contributed by atoms with Gasteiger partial charge < -0.3 is 5.32 Å². The van der Waals surface area contributed by atoms with Crippen molar-refractivity contribution in [2.75, 3.05) is 12.4 Å². The Morgan fingerprint density at radius 2 is 2.38 bits per heavy atom. The number of anilines is 1. The predicted molar refractivity (Wildman–Crippen MR) is 61.2 cm³/mol. The number of hydrogen-bond acceptors (Lipinski definition) is 3. The number of fused-ring (bicyclic) bond motifs is 1. The number of halogens is 2. The van der Waals surface area contributed by atoms with E-state index >= 15 is 0 Å². The number of pyridine rings is 1. The molecule has 0 atom stereocenters. The highest BCUT2D eigenvalue weighted by Crippen LogP contribution is 2.26. The van der Waals surface area contributed by atoms with E-state index < -0.39 is 0 Å². The van der Waals surface area contributed by atoms with Gasteiger partial charge in [-0.25, -0.2) is 4.98 Å². The van der Waals surface area contributed by atoms with Gasteiger partial charge in [-0.2, -0.15) is 5.10 Å². The van der Waals surface area contributed by atoms with Crippen LogP contribution in [-0.4, -0.2) is 22.2 Å². The second-order valence-electron chi connectivity index (χ2n) is 2.48. The van der Waals surface area contributed by atoms with E-state index in [1.807, 2.05) is 0 Å². The van der Waals surface area contributed by atoms with E-state index in [1.165, 1.54) is 0 Å². The Labute approximate surface area is 93.2 Å². The van der Waals surface area contributed by atoms with Crippen LogP contribution >= 0.6 is 34.2 Å². The quantitative estimate of drug-likeness (QED) is 0.627. The third-order valence-corrected chi connectivity index (χ3v) is 2.68. The van der Waals surface area contributed by atoms with Gasteiger partial charge in [-0.1, -0.05) is 11.6 Å². The minimum Gasteiger partial charge on any atom is -0.372 e. The molecule has 0 spiro atoms. The smallest absolute Gasteiger partial charge is 0.139 e. The highest BCUT2D eigenvalue weighted by Gasteiger charge is 2.09. The first-order valence-corrected chi connectivity index (χ1v) is 5.06. The van der Waals surface area contributed by atoms with Gasteiger partial charge in [-0.05, 0) is 22.6 Å². The number of aromatic amines is 1. The molecular weight excluding hydrogens is 302 g/mol. The molecule has 0 fully saturated rings. The van der Waals surface area contributed by atoms with Crippen LogP contribution in [0.3, 0.4) is 0 Å². The van der Waals surface area contributed by atoms with Crippen LogP contribution in [0.15, 0.2) is 6.07 Å². The molecule has 0 amide bonds. The first-order chi connectivity index (χ1) is 6.22. The van der Waals surface area contributed by atoms with Crippen molar-refractivity contribution >= 4 is 50.9 Å². The number of aromatic nitrogens is 3. The highest BCUT2D eigenvalue weighted by molar-refractivity contribution is 14.1. The van der Waals surface area contributed by atoms with Crippen molar-refractivity contribution in [2.24, 2.45) is 0 Å². The first kappa shape index (κ1) is 9.01. The van der Waals surface area contributed by atoms with Crippen molar-refractivity contribution in [1.82, 2.24) is 15.2 Å². The Kier molecular flexibility index (Phi) is 2.29. The molecule has 2 N–H and O–H groups in total. The summed E-state index contributed by atoms with van der Waals surface area (Å²) in [4.78, 5) is 4.14. The van der Waals surface area contributed by atoms with Crippen molar-refractivity contribution in [2.45, 2.75) is 0 Å². The molecule has 0 saturated heterocycles. The molecule has 0 saturated carbocycles. The number of nitrogens with one attached hydrogen (secondary N) is 2. The van der Waals surface area contributed by atoms with Crippen molar-refractivity contribution in [3.05, 3.63) is 14.9 Å². The minimum absolute atomic E-state index is 0.455. The maximum Gasteiger partial charge on any atom is 0.139 e. The molecular formula is C7H6ClIN4. The topological polar surface area (TPSA) is 53.6 Å². The molecule has 6 heteroatoms. The largest absolute Gasteiger partial charge is 0.372 e. The summed E-state index contributed by atoms with van der Waals surface area (Å²) in [6.45, 7) is 0. The molecule has 0 radical (unpaired) electrons. The third kappa shape index (κ3) is 1.46. The van der Waals surface area contributed by atoms with E-state index in [0.717, 1.165) is 20.4 Å².